The average molecular weight is 263 g/mol. The molecule has 100 valence electrons. The zero-order valence-electron chi connectivity index (χ0n) is 10.0. The van der Waals surface area contributed by atoms with Gasteiger partial charge in [-0.05, 0) is 18.6 Å². The van der Waals surface area contributed by atoms with E-state index in [1.54, 1.807) is 22.8 Å². The molecule has 2 aromatic rings. The number of urea groups is 1. The maximum Gasteiger partial charge on any atom is 0.321 e. The summed E-state index contributed by atoms with van der Waals surface area (Å²) in [5.41, 5.74) is 0.628. The number of hydrogen-bond donors (Lipinski definition) is 3. The number of nitrogens with zero attached hydrogens (tertiary/aromatic N) is 3. The fraction of sp³-hybridized carbons (Fsp3) is 0.273. The summed E-state index contributed by atoms with van der Waals surface area (Å²) < 4.78 is 1.54. The van der Waals surface area contributed by atoms with Gasteiger partial charge in [0.2, 0.25) is 0 Å². The molecule has 0 atom stereocenters. The number of fused-ring (bicyclic) bond motifs is 1. The molecule has 19 heavy (non-hydrogen) atoms. The molecule has 0 radical (unpaired) electrons. The van der Waals surface area contributed by atoms with Gasteiger partial charge in [0.05, 0.1) is 0 Å². The van der Waals surface area contributed by atoms with E-state index in [0.717, 1.165) is 0 Å². The number of aliphatic carboxylic acids is 1. The predicted octanol–water partition coefficient (Wildman–Crippen LogP) is 0.716. The van der Waals surface area contributed by atoms with Crippen molar-refractivity contribution in [3.8, 4) is 0 Å². The molecule has 8 nitrogen and oxygen atoms in total. The normalized spacial score (nSPS) is 10.3. The van der Waals surface area contributed by atoms with Crippen molar-refractivity contribution in [2.24, 2.45) is 0 Å². The Kier molecular flexibility index (Phi) is 3.91. The second kappa shape index (κ2) is 5.80. The van der Waals surface area contributed by atoms with Crippen LogP contribution in [-0.2, 0) is 4.79 Å². The highest BCUT2D eigenvalue weighted by atomic mass is 16.4. The molecule has 0 fully saturated rings. The van der Waals surface area contributed by atoms with E-state index >= 15 is 0 Å². The third kappa shape index (κ3) is 3.66. The summed E-state index contributed by atoms with van der Waals surface area (Å²) in [4.78, 5) is 25.9. The first-order chi connectivity index (χ1) is 9.15. The van der Waals surface area contributed by atoms with E-state index in [1.165, 1.54) is 0 Å². The maximum atomic E-state index is 11.5. The van der Waals surface area contributed by atoms with Crippen LogP contribution in [0.1, 0.15) is 12.8 Å². The smallest absolute Gasteiger partial charge is 0.321 e. The van der Waals surface area contributed by atoms with Crippen LogP contribution in [-0.4, -0.2) is 38.2 Å². The summed E-state index contributed by atoms with van der Waals surface area (Å²) in [6.07, 6.45) is 2.12. The number of carboxylic acids is 1. The first-order valence-electron chi connectivity index (χ1n) is 5.73. The van der Waals surface area contributed by atoms with Gasteiger partial charge in [-0.2, -0.15) is 4.98 Å². The molecule has 0 saturated carbocycles. The van der Waals surface area contributed by atoms with Crippen molar-refractivity contribution in [2.45, 2.75) is 12.8 Å². The van der Waals surface area contributed by atoms with Crippen LogP contribution >= 0.6 is 0 Å². The maximum absolute atomic E-state index is 11.5. The minimum Gasteiger partial charge on any atom is -0.481 e. The third-order valence-electron chi connectivity index (χ3n) is 2.32. The number of rotatable bonds is 5. The number of pyridine rings is 1. The Morgan fingerprint density at radius 3 is 2.95 bits per heavy atom. The first-order valence-corrected chi connectivity index (χ1v) is 5.73. The molecule has 2 amide bonds. The van der Waals surface area contributed by atoms with Gasteiger partial charge < -0.3 is 10.4 Å². The second-order valence-electron chi connectivity index (χ2n) is 3.82. The highest BCUT2D eigenvalue weighted by Gasteiger charge is 2.06. The molecule has 3 N–H and O–H groups in total. The molecule has 0 saturated heterocycles. The Labute approximate surface area is 108 Å². The largest absolute Gasteiger partial charge is 0.481 e. The van der Waals surface area contributed by atoms with Crippen LogP contribution in [0.2, 0.25) is 0 Å². The number of aromatic nitrogens is 3. The molecule has 2 heterocycles. The highest BCUT2D eigenvalue weighted by Crippen LogP contribution is 2.03. The van der Waals surface area contributed by atoms with Gasteiger partial charge in [-0.25, -0.2) is 9.31 Å². The van der Waals surface area contributed by atoms with Crippen molar-refractivity contribution >= 4 is 23.6 Å². The lowest BCUT2D eigenvalue weighted by atomic mass is 10.3. The number of nitrogens with one attached hydrogen (secondary N) is 2. The molecule has 2 rings (SSSR count). The zero-order valence-corrected chi connectivity index (χ0v) is 10.0. The van der Waals surface area contributed by atoms with Gasteiger partial charge in [-0.1, -0.05) is 6.07 Å². The van der Waals surface area contributed by atoms with Crippen molar-refractivity contribution in [1.82, 2.24) is 19.9 Å². The third-order valence-corrected chi connectivity index (χ3v) is 2.32. The molecule has 0 unspecified atom stereocenters. The highest BCUT2D eigenvalue weighted by molar-refractivity contribution is 5.87. The average Bonchev–Trinajstić information content (AvgIpc) is 2.76. The lowest BCUT2D eigenvalue weighted by Gasteiger charge is -2.03. The van der Waals surface area contributed by atoms with Crippen LogP contribution in [0.5, 0.6) is 0 Å². The Morgan fingerprint density at radius 2 is 2.21 bits per heavy atom. The number of amides is 2. The van der Waals surface area contributed by atoms with Gasteiger partial charge in [0.15, 0.2) is 5.65 Å². The van der Waals surface area contributed by atoms with E-state index < -0.39 is 12.0 Å². The van der Waals surface area contributed by atoms with Crippen molar-refractivity contribution < 1.29 is 14.7 Å². The van der Waals surface area contributed by atoms with Crippen molar-refractivity contribution in [3.05, 3.63) is 24.4 Å². The minimum atomic E-state index is -0.885. The molecule has 0 spiro atoms. The summed E-state index contributed by atoms with van der Waals surface area (Å²) in [6, 6.07) is 4.93. The Balaban J connectivity index is 1.83. The molecule has 0 aromatic carbocycles. The second-order valence-corrected chi connectivity index (χ2v) is 3.82. The number of carbonyl (C=O) groups excluding carboxylic acids is 1. The van der Waals surface area contributed by atoms with E-state index in [2.05, 4.69) is 20.7 Å². The predicted molar refractivity (Wildman–Crippen MR) is 66.9 cm³/mol. The molecule has 8 heteroatoms. The topological polar surface area (TPSA) is 109 Å². The zero-order chi connectivity index (χ0) is 13.7. The summed E-state index contributed by atoms with van der Waals surface area (Å²) in [6.45, 7) is 0.283. The summed E-state index contributed by atoms with van der Waals surface area (Å²) >= 11 is 0. The number of carbonyl (C=O) groups is 2. The van der Waals surface area contributed by atoms with Crippen LogP contribution in [0.3, 0.4) is 0 Å². The van der Waals surface area contributed by atoms with E-state index in [9.17, 15) is 9.59 Å². The van der Waals surface area contributed by atoms with Crippen LogP contribution in [0.15, 0.2) is 24.4 Å². The molecular formula is C11H13N5O3. The molecule has 0 bridgehead atoms. The van der Waals surface area contributed by atoms with Gasteiger partial charge in [0.1, 0.15) is 0 Å². The van der Waals surface area contributed by atoms with E-state index in [-0.39, 0.29) is 18.9 Å². The molecule has 0 aliphatic heterocycles. The van der Waals surface area contributed by atoms with Crippen molar-refractivity contribution in [2.75, 3.05) is 11.9 Å². The number of anilines is 1. The van der Waals surface area contributed by atoms with Crippen LogP contribution in [0.25, 0.3) is 5.65 Å². The van der Waals surface area contributed by atoms with Crippen LogP contribution in [0, 0.1) is 0 Å². The number of carboxylic acid groups (broad SMARTS) is 1. The van der Waals surface area contributed by atoms with Crippen LogP contribution in [0.4, 0.5) is 10.7 Å². The van der Waals surface area contributed by atoms with Crippen LogP contribution < -0.4 is 10.6 Å². The van der Waals surface area contributed by atoms with Crippen molar-refractivity contribution in [1.29, 1.82) is 0 Å². The van der Waals surface area contributed by atoms with Gasteiger partial charge in [-0.3, -0.25) is 10.1 Å². The lowest BCUT2D eigenvalue weighted by Crippen LogP contribution is -2.30. The summed E-state index contributed by atoms with van der Waals surface area (Å²) in [5.74, 6) is -0.689. The lowest BCUT2D eigenvalue weighted by molar-refractivity contribution is -0.137. The first kappa shape index (κ1) is 12.8. The van der Waals surface area contributed by atoms with Gasteiger partial charge in [-0.15, -0.1) is 5.10 Å². The fourth-order valence-electron chi connectivity index (χ4n) is 1.47. The Bertz CT molecular complexity index is 562. The minimum absolute atomic E-state index is 0.0207. The van der Waals surface area contributed by atoms with Gasteiger partial charge in [0, 0.05) is 19.2 Å². The molecule has 2 aromatic heterocycles. The quantitative estimate of drug-likeness (QED) is 0.688. The standard InChI is InChI=1S/C11H13N5O3/c17-9(18)5-3-6-12-11(19)14-10-13-8-4-1-2-7-16(8)15-10/h1-2,4,7H,3,5-6H2,(H,17,18)(H2,12,14,15,19). The van der Waals surface area contributed by atoms with E-state index in [0.29, 0.717) is 12.1 Å². The SMILES string of the molecule is O=C(O)CCCNC(=O)Nc1nc2ccccn2n1. The monoisotopic (exact) mass is 263 g/mol. The van der Waals surface area contributed by atoms with Gasteiger partial charge in [0.25, 0.3) is 5.95 Å². The number of hydrogen-bond acceptors (Lipinski definition) is 4. The molecular weight excluding hydrogens is 250 g/mol. The Hall–Kier alpha value is -2.64. The Morgan fingerprint density at radius 1 is 1.37 bits per heavy atom. The van der Waals surface area contributed by atoms with E-state index in [1.807, 2.05) is 6.07 Å². The molecule has 0 aliphatic rings. The summed E-state index contributed by atoms with van der Waals surface area (Å²) in [7, 11) is 0. The van der Waals surface area contributed by atoms with Crippen molar-refractivity contribution in [3.63, 3.8) is 0 Å². The van der Waals surface area contributed by atoms with Gasteiger partial charge >= 0.3 is 12.0 Å². The fourth-order valence-corrected chi connectivity index (χ4v) is 1.47. The molecule has 0 aliphatic carbocycles. The van der Waals surface area contributed by atoms with E-state index in [4.69, 9.17) is 5.11 Å². The summed E-state index contributed by atoms with van der Waals surface area (Å²) in [5, 5.41) is 17.5.